The average Bonchev–Trinajstić information content (AvgIpc) is 3.29. The van der Waals surface area contributed by atoms with Crippen LogP contribution in [0.2, 0.25) is 10.0 Å². The van der Waals surface area contributed by atoms with Gasteiger partial charge in [-0.3, -0.25) is 4.90 Å². The number of ether oxygens (including phenoxy) is 2. The van der Waals surface area contributed by atoms with E-state index in [1.165, 1.54) is 0 Å². The third kappa shape index (κ3) is 6.34. The number of hydrogen-bond donors (Lipinski definition) is 3. The van der Waals surface area contributed by atoms with Crippen LogP contribution in [0.4, 0.5) is 4.79 Å². The van der Waals surface area contributed by atoms with Gasteiger partial charge in [-0.2, -0.15) is 0 Å². The second-order valence-corrected chi connectivity index (χ2v) is 10.8. The number of fused-ring (bicyclic) bond motifs is 3. The molecule has 4 aromatic rings. The molecule has 3 aromatic carbocycles. The zero-order valence-electron chi connectivity index (χ0n) is 21.8. The maximum Gasteiger partial charge on any atom is 0.416 e. The minimum atomic E-state index is -0.621. The lowest BCUT2D eigenvalue weighted by molar-refractivity contribution is 0.104. The Hall–Kier alpha value is -3.23. The Labute approximate surface area is 237 Å². The van der Waals surface area contributed by atoms with Crippen molar-refractivity contribution in [3.05, 3.63) is 93.6 Å². The monoisotopic (exact) mass is 567 g/mol. The number of aliphatic hydroxyl groups excluding tert-OH is 1. The van der Waals surface area contributed by atoms with Crippen molar-refractivity contribution in [2.24, 2.45) is 0 Å². The first-order valence-corrected chi connectivity index (χ1v) is 13.7. The van der Waals surface area contributed by atoms with Crippen LogP contribution < -0.4 is 14.8 Å². The third-order valence-electron chi connectivity index (χ3n) is 6.74. The van der Waals surface area contributed by atoms with Gasteiger partial charge in [0.1, 0.15) is 30.3 Å². The first-order valence-electron chi connectivity index (χ1n) is 13.0. The van der Waals surface area contributed by atoms with Gasteiger partial charge >= 0.3 is 6.09 Å². The summed E-state index contributed by atoms with van der Waals surface area (Å²) in [6.45, 7) is 5.15. The average molecular weight is 569 g/mol. The van der Waals surface area contributed by atoms with Gasteiger partial charge in [-0.05, 0) is 72.1 Å². The van der Waals surface area contributed by atoms with Crippen LogP contribution in [-0.2, 0) is 6.42 Å². The molecule has 0 spiro atoms. The van der Waals surface area contributed by atoms with Gasteiger partial charge < -0.3 is 24.9 Å². The Morgan fingerprint density at radius 1 is 1.05 bits per heavy atom. The molecule has 1 aliphatic rings. The zero-order chi connectivity index (χ0) is 27.5. The van der Waals surface area contributed by atoms with E-state index in [0.717, 1.165) is 27.7 Å². The topological polar surface area (TPSA) is 86.8 Å². The lowest BCUT2D eigenvalue weighted by atomic mass is 9.92. The number of amides is 1. The fraction of sp³-hybridized carbons (Fsp3) is 0.300. The van der Waals surface area contributed by atoms with Crippen LogP contribution in [0.1, 0.15) is 36.7 Å². The molecule has 0 bridgehead atoms. The first-order chi connectivity index (χ1) is 18.8. The second kappa shape index (κ2) is 11.9. The highest BCUT2D eigenvalue weighted by molar-refractivity contribution is 6.31. The lowest BCUT2D eigenvalue weighted by Gasteiger charge is -2.35. The third-order valence-corrected chi connectivity index (χ3v) is 7.23. The predicted molar refractivity (Wildman–Crippen MR) is 154 cm³/mol. The van der Waals surface area contributed by atoms with E-state index in [0.29, 0.717) is 41.1 Å². The largest absolute Gasteiger partial charge is 0.491 e. The second-order valence-electron chi connectivity index (χ2n) is 9.97. The quantitative estimate of drug-likeness (QED) is 0.230. The van der Waals surface area contributed by atoms with Gasteiger partial charge in [-0.15, -0.1) is 0 Å². The molecule has 0 saturated heterocycles. The summed E-state index contributed by atoms with van der Waals surface area (Å²) < 4.78 is 11.5. The van der Waals surface area contributed by atoms with Crippen molar-refractivity contribution in [2.75, 3.05) is 19.7 Å². The summed E-state index contributed by atoms with van der Waals surface area (Å²) in [5.74, 6) is 1.06. The van der Waals surface area contributed by atoms with Gasteiger partial charge in [-0.25, -0.2) is 4.79 Å². The Morgan fingerprint density at radius 3 is 2.46 bits per heavy atom. The summed E-state index contributed by atoms with van der Waals surface area (Å²) in [5, 5.41) is 15.7. The standard InChI is InChI=1S/C30H31Cl2N3O4/c1-18(2)33-16-22(36)17-38-23-8-3-19(4-9-23)29-28-25(26-15-21(32)7-12-27(26)34-28)13-14-35(29)30(37)39-24-10-5-20(31)6-11-24/h3-12,15,18,22,29,33-34,36H,13-14,16-17H2,1-2H3. The van der Waals surface area contributed by atoms with Crippen molar-refractivity contribution in [2.45, 2.75) is 38.5 Å². The van der Waals surface area contributed by atoms with E-state index in [1.54, 1.807) is 29.2 Å². The highest BCUT2D eigenvalue weighted by atomic mass is 35.5. The SMILES string of the molecule is CC(C)NCC(O)COc1ccc(C2c3[nH]c4ccc(Cl)cc4c3CCN2C(=O)Oc2ccc(Cl)cc2)cc1. The predicted octanol–water partition coefficient (Wildman–Crippen LogP) is 6.36. The molecule has 0 aliphatic carbocycles. The van der Waals surface area contributed by atoms with Gasteiger partial charge in [-0.1, -0.05) is 49.2 Å². The number of H-pyrrole nitrogens is 1. The van der Waals surface area contributed by atoms with Crippen molar-refractivity contribution in [1.82, 2.24) is 15.2 Å². The summed E-state index contributed by atoms with van der Waals surface area (Å²) >= 11 is 12.3. The molecule has 0 fully saturated rings. The molecule has 0 radical (unpaired) electrons. The van der Waals surface area contributed by atoms with E-state index in [-0.39, 0.29) is 12.6 Å². The van der Waals surface area contributed by atoms with E-state index in [2.05, 4.69) is 10.3 Å². The van der Waals surface area contributed by atoms with Crippen molar-refractivity contribution >= 4 is 40.2 Å². The molecular weight excluding hydrogens is 537 g/mol. The van der Waals surface area contributed by atoms with Crippen LogP contribution >= 0.6 is 23.2 Å². The molecule has 1 aliphatic heterocycles. The number of hydrogen-bond acceptors (Lipinski definition) is 5. The first kappa shape index (κ1) is 27.3. The number of benzene rings is 3. The normalized spacial score (nSPS) is 15.8. The number of carbonyl (C=O) groups is 1. The number of halogens is 2. The molecule has 7 nitrogen and oxygen atoms in total. The van der Waals surface area contributed by atoms with Crippen LogP contribution in [0, 0.1) is 0 Å². The highest BCUT2D eigenvalue weighted by Gasteiger charge is 2.35. The van der Waals surface area contributed by atoms with E-state index in [9.17, 15) is 9.90 Å². The molecule has 1 amide bonds. The molecule has 204 valence electrons. The summed E-state index contributed by atoms with van der Waals surface area (Å²) in [6.07, 6.45) is -0.416. The molecule has 2 heterocycles. The number of carbonyl (C=O) groups excluding carboxylic acids is 1. The Balaban J connectivity index is 1.42. The molecular formula is C30H31Cl2N3O4. The molecule has 5 rings (SSSR count). The number of aliphatic hydroxyl groups is 1. The molecule has 0 saturated carbocycles. The Morgan fingerprint density at radius 2 is 1.74 bits per heavy atom. The van der Waals surface area contributed by atoms with E-state index >= 15 is 0 Å². The van der Waals surface area contributed by atoms with Crippen LogP contribution in [0.15, 0.2) is 66.7 Å². The smallest absolute Gasteiger partial charge is 0.416 e. The number of rotatable bonds is 8. The number of nitrogens with zero attached hydrogens (tertiary/aromatic N) is 1. The molecule has 39 heavy (non-hydrogen) atoms. The lowest BCUT2D eigenvalue weighted by Crippen LogP contribution is -2.42. The van der Waals surface area contributed by atoms with Gasteiger partial charge in [0.25, 0.3) is 0 Å². The fourth-order valence-electron chi connectivity index (χ4n) is 4.84. The van der Waals surface area contributed by atoms with Gasteiger partial charge in [0.2, 0.25) is 0 Å². The Bertz CT molecular complexity index is 1440. The van der Waals surface area contributed by atoms with E-state index in [1.807, 2.05) is 56.3 Å². The van der Waals surface area contributed by atoms with Crippen LogP contribution in [-0.4, -0.2) is 52.9 Å². The molecule has 3 N–H and O–H groups in total. The van der Waals surface area contributed by atoms with E-state index in [4.69, 9.17) is 32.7 Å². The number of nitrogens with one attached hydrogen (secondary N) is 2. The molecule has 2 unspecified atom stereocenters. The van der Waals surface area contributed by atoms with Crippen LogP contribution in [0.3, 0.4) is 0 Å². The van der Waals surface area contributed by atoms with Crippen molar-refractivity contribution in [3.8, 4) is 11.5 Å². The van der Waals surface area contributed by atoms with Crippen molar-refractivity contribution < 1.29 is 19.4 Å². The molecule has 9 heteroatoms. The van der Waals surface area contributed by atoms with Crippen molar-refractivity contribution in [1.29, 1.82) is 0 Å². The molecule has 2 atom stereocenters. The fourth-order valence-corrected chi connectivity index (χ4v) is 5.13. The van der Waals surface area contributed by atoms with Gasteiger partial charge in [0.05, 0.1) is 0 Å². The zero-order valence-corrected chi connectivity index (χ0v) is 23.3. The minimum Gasteiger partial charge on any atom is -0.491 e. The van der Waals surface area contributed by atoms with Gasteiger partial charge in [0, 0.05) is 45.8 Å². The highest BCUT2D eigenvalue weighted by Crippen LogP contribution is 2.40. The summed E-state index contributed by atoms with van der Waals surface area (Å²) in [6, 6.07) is 20.0. The van der Waals surface area contributed by atoms with Crippen LogP contribution in [0.25, 0.3) is 10.9 Å². The maximum absolute atomic E-state index is 13.4. The summed E-state index contributed by atoms with van der Waals surface area (Å²) in [5.41, 5.74) is 3.92. The number of aromatic amines is 1. The number of aromatic nitrogens is 1. The summed E-state index contributed by atoms with van der Waals surface area (Å²) in [7, 11) is 0. The van der Waals surface area contributed by atoms with Gasteiger partial charge in [0.15, 0.2) is 0 Å². The van der Waals surface area contributed by atoms with Crippen molar-refractivity contribution in [3.63, 3.8) is 0 Å². The molecule has 1 aromatic heterocycles. The van der Waals surface area contributed by atoms with E-state index < -0.39 is 18.2 Å². The van der Waals surface area contributed by atoms with Crippen LogP contribution in [0.5, 0.6) is 11.5 Å². The summed E-state index contributed by atoms with van der Waals surface area (Å²) in [4.78, 5) is 18.7. The Kier molecular flexibility index (Phi) is 8.33. The maximum atomic E-state index is 13.4. The minimum absolute atomic E-state index is 0.176.